The van der Waals surface area contributed by atoms with Gasteiger partial charge in [0.1, 0.15) is 0 Å². The van der Waals surface area contributed by atoms with Crippen molar-refractivity contribution in [1.29, 1.82) is 0 Å². The Balaban J connectivity index is 2.00. The van der Waals surface area contributed by atoms with E-state index >= 15 is 0 Å². The van der Waals surface area contributed by atoms with E-state index in [4.69, 9.17) is 4.74 Å². The average Bonchev–Trinajstić information content (AvgIpc) is 2.76. The molecule has 4 nitrogen and oxygen atoms in total. The van der Waals surface area contributed by atoms with Gasteiger partial charge in [0.2, 0.25) is 0 Å². The molecule has 2 unspecified atom stereocenters. The average molecular weight is 237 g/mol. The zero-order valence-corrected chi connectivity index (χ0v) is 11.0. The third-order valence-electron chi connectivity index (χ3n) is 3.48. The monoisotopic (exact) mass is 237 g/mol. The Kier molecular flexibility index (Phi) is 4.20. The molecule has 0 amide bonds. The first-order valence-electron chi connectivity index (χ1n) is 6.33. The molecule has 1 aliphatic rings. The highest BCUT2D eigenvalue weighted by molar-refractivity contribution is 5.11. The molecule has 1 aromatic rings. The zero-order valence-electron chi connectivity index (χ0n) is 11.0. The Labute approximate surface area is 104 Å². The summed E-state index contributed by atoms with van der Waals surface area (Å²) in [5.41, 5.74) is 1.32. The maximum absolute atomic E-state index is 5.81. The van der Waals surface area contributed by atoms with Gasteiger partial charge in [-0.05, 0) is 33.2 Å². The van der Waals surface area contributed by atoms with Crippen LogP contribution in [0.25, 0.3) is 0 Å². The second-order valence-corrected chi connectivity index (χ2v) is 4.85. The van der Waals surface area contributed by atoms with Crippen molar-refractivity contribution in [3.63, 3.8) is 0 Å². The van der Waals surface area contributed by atoms with Crippen molar-refractivity contribution in [2.24, 2.45) is 0 Å². The molecule has 1 fully saturated rings. The van der Waals surface area contributed by atoms with Crippen LogP contribution in [-0.4, -0.2) is 49.4 Å². The SMILES string of the molecule is CNC(C)c1cccn1CC1CN(C)CCO1. The molecule has 1 aliphatic heterocycles. The van der Waals surface area contributed by atoms with Crippen molar-refractivity contribution in [2.45, 2.75) is 25.6 Å². The van der Waals surface area contributed by atoms with Gasteiger partial charge in [0.25, 0.3) is 0 Å². The molecule has 1 N–H and O–H groups in total. The van der Waals surface area contributed by atoms with Crippen molar-refractivity contribution in [3.05, 3.63) is 24.0 Å². The summed E-state index contributed by atoms with van der Waals surface area (Å²) in [7, 11) is 4.15. The van der Waals surface area contributed by atoms with E-state index < -0.39 is 0 Å². The van der Waals surface area contributed by atoms with Crippen LogP contribution in [0.3, 0.4) is 0 Å². The van der Waals surface area contributed by atoms with Crippen LogP contribution in [0.1, 0.15) is 18.7 Å². The van der Waals surface area contributed by atoms with Crippen LogP contribution in [0.4, 0.5) is 0 Å². The van der Waals surface area contributed by atoms with Crippen molar-refractivity contribution in [1.82, 2.24) is 14.8 Å². The molecule has 2 rings (SSSR count). The van der Waals surface area contributed by atoms with Crippen LogP contribution in [-0.2, 0) is 11.3 Å². The second-order valence-electron chi connectivity index (χ2n) is 4.85. The number of nitrogens with one attached hydrogen (secondary N) is 1. The summed E-state index contributed by atoms with van der Waals surface area (Å²) in [5.74, 6) is 0. The number of hydrogen-bond acceptors (Lipinski definition) is 3. The van der Waals surface area contributed by atoms with Crippen molar-refractivity contribution in [2.75, 3.05) is 33.8 Å². The highest BCUT2D eigenvalue weighted by Gasteiger charge is 2.19. The largest absolute Gasteiger partial charge is 0.374 e. The summed E-state index contributed by atoms with van der Waals surface area (Å²) < 4.78 is 8.10. The molecule has 1 aromatic heterocycles. The van der Waals surface area contributed by atoms with E-state index in [-0.39, 0.29) is 0 Å². The number of aromatic nitrogens is 1. The Morgan fingerprint density at radius 3 is 3.12 bits per heavy atom. The van der Waals surface area contributed by atoms with Crippen LogP contribution >= 0.6 is 0 Å². The molecule has 2 atom stereocenters. The van der Waals surface area contributed by atoms with Crippen molar-refractivity contribution >= 4 is 0 Å². The fraction of sp³-hybridized carbons (Fsp3) is 0.692. The van der Waals surface area contributed by atoms with E-state index in [2.05, 4.69) is 47.1 Å². The van der Waals surface area contributed by atoms with Crippen LogP contribution in [0.5, 0.6) is 0 Å². The standard InChI is InChI=1S/C13H23N3O/c1-11(14-2)13-5-4-6-16(13)10-12-9-15(3)7-8-17-12/h4-6,11-12,14H,7-10H2,1-3H3. The topological polar surface area (TPSA) is 29.4 Å². The first-order valence-corrected chi connectivity index (χ1v) is 6.33. The van der Waals surface area contributed by atoms with E-state index in [0.29, 0.717) is 12.1 Å². The minimum Gasteiger partial charge on any atom is -0.374 e. The normalized spacial score (nSPS) is 23.8. The predicted molar refractivity (Wildman–Crippen MR) is 69.1 cm³/mol. The summed E-state index contributed by atoms with van der Waals surface area (Å²) in [6, 6.07) is 4.66. The minimum absolute atomic E-state index is 0.309. The van der Waals surface area contributed by atoms with Gasteiger partial charge in [-0.3, -0.25) is 0 Å². The lowest BCUT2D eigenvalue weighted by Gasteiger charge is -2.31. The number of rotatable bonds is 4. The lowest BCUT2D eigenvalue weighted by atomic mass is 10.2. The predicted octanol–water partition coefficient (Wildman–Crippen LogP) is 1.10. The minimum atomic E-state index is 0.309. The summed E-state index contributed by atoms with van der Waals surface area (Å²) in [5, 5.41) is 3.28. The first-order chi connectivity index (χ1) is 8.20. The van der Waals surface area contributed by atoms with Gasteiger partial charge in [0.05, 0.1) is 12.7 Å². The maximum Gasteiger partial charge on any atom is 0.0880 e. The molecule has 0 saturated carbocycles. The number of likely N-dealkylation sites (N-methyl/N-ethyl adjacent to an activating group) is 1. The van der Waals surface area contributed by atoms with Crippen LogP contribution in [0, 0.1) is 0 Å². The highest BCUT2D eigenvalue weighted by atomic mass is 16.5. The molecule has 0 spiro atoms. The molecule has 0 bridgehead atoms. The fourth-order valence-corrected chi connectivity index (χ4v) is 2.33. The number of hydrogen-bond donors (Lipinski definition) is 1. The molecule has 1 saturated heterocycles. The van der Waals surface area contributed by atoms with Crippen molar-refractivity contribution < 1.29 is 4.74 Å². The van der Waals surface area contributed by atoms with E-state index in [9.17, 15) is 0 Å². The first kappa shape index (κ1) is 12.6. The van der Waals surface area contributed by atoms with E-state index in [1.807, 2.05) is 7.05 Å². The molecule has 96 valence electrons. The molecule has 0 radical (unpaired) electrons. The van der Waals surface area contributed by atoms with Gasteiger partial charge in [-0.2, -0.15) is 0 Å². The molecule has 0 aliphatic carbocycles. The molecular weight excluding hydrogens is 214 g/mol. The van der Waals surface area contributed by atoms with Gasteiger partial charge in [-0.1, -0.05) is 0 Å². The second kappa shape index (κ2) is 5.67. The van der Waals surface area contributed by atoms with Crippen molar-refractivity contribution in [3.8, 4) is 0 Å². The van der Waals surface area contributed by atoms with Crippen LogP contribution in [0.2, 0.25) is 0 Å². The van der Waals surface area contributed by atoms with Gasteiger partial charge in [0, 0.05) is 37.6 Å². The van der Waals surface area contributed by atoms with Gasteiger partial charge in [-0.25, -0.2) is 0 Å². The van der Waals surface area contributed by atoms with Crippen LogP contribution < -0.4 is 5.32 Å². The van der Waals surface area contributed by atoms with Crippen LogP contribution in [0.15, 0.2) is 18.3 Å². The molecule has 4 heteroatoms. The fourth-order valence-electron chi connectivity index (χ4n) is 2.33. The molecule has 2 heterocycles. The van der Waals surface area contributed by atoms with Gasteiger partial charge >= 0.3 is 0 Å². The van der Waals surface area contributed by atoms with Gasteiger partial charge in [0.15, 0.2) is 0 Å². The van der Waals surface area contributed by atoms with Gasteiger partial charge < -0.3 is 19.5 Å². The zero-order chi connectivity index (χ0) is 12.3. The van der Waals surface area contributed by atoms with E-state index in [1.54, 1.807) is 0 Å². The van der Waals surface area contributed by atoms with E-state index in [0.717, 1.165) is 26.2 Å². The maximum atomic E-state index is 5.81. The molecule has 0 aromatic carbocycles. The quantitative estimate of drug-likeness (QED) is 0.850. The Morgan fingerprint density at radius 1 is 1.59 bits per heavy atom. The highest BCUT2D eigenvalue weighted by Crippen LogP contribution is 2.15. The number of morpholine rings is 1. The summed E-state index contributed by atoms with van der Waals surface area (Å²) in [4.78, 5) is 2.33. The van der Waals surface area contributed by atoms with Gasteiger partial charge in [-0.15, -0.1) is 0 Å². The third kappa shape index (κ3) is 3.09. The summed E-state index contributed by atoms with van der Waals surface area (Å²) >= 11 is 0. The molecular formula is C13H23N3O. The lowest BCUT2D eigenvalue weighted by Crippen LogP contribution is -2.42. The Morgan fingerprint density at radius 2 is 2.41 bits per heavy atom. The Hall–Kier alpha value is -0.840. The smallest absolute Gasteiger partial charge is 0.0880 e. The van der Waals surface area contributed by atoms with E-state index in [1.165, 1.54) is 5.69 Å². The third-order valence-corrected chi connectivity index (χ3v) is 3.48. The summed E-state index contributed by atoms with van der Waals surface area (Å²) in [6.45, 7) is 6.03. The number of ether oxygens (including phenoxy) is 1. The number of nitrogens with zero attached hydrogens (tertiary/aromatic N) is 2. The summed E-state index contributed by atoms with van der Waals surface area (Å²) in [6.07, 6.45) is 2.45. The lowest BCUT2D eigenvalue weighted by molar-refractivity contribution is -0.0278. The Bertz CT molecular complexity index is 350. The molecule has 17 heavy (non-hydrogen) atoms.